The quantitative estimate of drug-likeness (QED) is 0.611. The lowest BCUT2D eigenvalue weighted by Gasteiger charge is -2.15. The van der Waals surface area contributed by atoms with E-state index in [9.17, 15) is 14.9 Å². The number of anilines is 1. The Labute approximate surface area is 112 Å². The monoisotopic (exact) mass is 265 g/mol. The van der Waals surface area contributed by atoms with Crippen molar-refractivity contribution in [1.82, 2.24) is 5.32 Å². The molecule has 0 aromatic heterocycles. The number of nitrogens with one attached hydrogen (secondary N) is 2. The second-order valence-electron chi connectivity index (χ2n) is 4.23. The summed E-state index contributed by atoms with van der Waals surface area (Å²) in [6.45, 7) is 3.93. The molecule has 2 N–H and O–H groups in total. The van der Waals surface area contributed by atoms with Crippen LogP contribution in [-0.4, -0.2) is 23.9 Å². The Bertz CT molecular complexity index is 470. The van der Waals surface area contributed by atoms with Crippen LogP contribution in [0.25, 0.3) is 0 Å². The van der Waals surface area contributed by atoms with Crippen molar-refractivity contribution >= 4 is 17.3 Å². The summed E-state index contributed by atoms with van der Waals surface area (Å²) in [6, 6.07) is 4.44. The van der Waals surface area contributed by atoms with Gasteiger partial charge in [0.15, 0.2) is 0 Å². The number of carbonyl (C=O) groups excluding carboxylic acids is 1. The highest BCUT2D eigenvalue weighted by molar-refractivity contribution is 5.99. The van der Waals surface area contributed by atoms with Crippen molar-refractivity contribution in [2.75, 3.05) is 12.4 Å². The van der Waals surface area contributed by atoms with E-state index in [1.165, 1.54) is 12.1 Å². The third-order valence-electron chi connectivity index (χ3n) is 3.05. The molecular weight excluding hydrogens is 246 g/mol. The molecule has 0 saturated carbocycles. The first-order chi connectivity index (χ1) is 9.03. The van der Waals surface area contributed by atoms with Gasteiger partial charge in [0.2, 0.25) is 0 Å². The second-order valence-corrected chi connectivity index (χ2v) is 4.23. The fourth-order valence-electron chi connectivity index (χ4n) is 1.79. The van der Waals surface area contributed by atoms with E-state index in [1.54, 1.807) is 13.1 Å². The Morgan fingerprint density at radius 3 is 2.47 bits per heavy atom. The number of nitrogens with zero attached hydrogens (tertiary/aromatic N) is 1. The number of amides is 1. The normalized spacial score (nSPS) is 10.3. The molecule has 0 atom stereocenters. The van der Waals surface area contributed by atoms with Gasteiger partial charge in [0, 0.05) is 24.8 Å². The second kappa shape index (κ2) is 6.72. The van der Waals surface area contributed by atoms with Crippen LogP contribution in [0.4, 0.5) is 11.4 Å². The lowest BCUT2D eigenvalue weighted by molar-refractivity contribution is -0.385. The molecule has 6 heteroatoms. The maximum absolute atomic E-state index is 12.1. The molecule has 1 rings (SSSR count). The minimum absolute atomic E-state index is 0.0327. The van der Waals surface area contributed by atoms with Crippen LogP contribution in [0.2, 0.25) is 0 Å². The Kier molecular flexibility index (Phi) is 5.29. The van der Waals surface area contributed by atoms with Gasteiger partial charge in [0.25, 0.3) is 11.6 Å². The van der Waals surface area contributed by atoms with Gasteiger partial charge in [-0.15, -0.1) is 0 Å². The highest BCUT2D eigenvalue weighted by atomic mass is 16.6. The molecule has 0 fully saturated rings. The van der Waals surface area contributed by atoms with Gasteiger partial charge in [-0.25, -0.2) is 0 Å². The Morgan fingerprint density at radius 2 is 2.00 bits per heavy atom. The van der Waals surface area contributed by atoms with Crippen molar-refractivity contribution in [2.24, 2.45) is 0 Å². The first kappa shape index (κ1) is 14.9. The predicted octanol–water partition coefficient (Wildman–Crippen LogP) is 2.55. The average molecular weight is 265 g/mol. The largest absolute Gasteiger partial charge is 0.388 e. The van der Waals surface area contributed by atoms with Crippen LogP contribution < -0.4 is 10.6 Å². The van der Waals surface area contributed by atoms with Gasteiger partial charge in [0.05, 0.1) is 4.92 Å². The van der Waals surface area contributed by atoms with E-state index in [4.69, 9.17) is 0 Å². The first-order valence-corrected chi connectivity index (χ1v) is 6.30. The Balaban J connectivity index is 3.08. The predicted molar refractivity (Wildman–Crippen MR) is 74.5 cm³/mol. The summed E-state index contributed by atoms with van der Waals surface area (Å²) in [4.78, 5) is 22.5. The number of hydrogen-bond acceptors (Lipinski definition) is 4. The van der Waals surface area contributed by atoms with Gasteiger partial charge >= 0.3 is 0 Å². The maximum Gasteiger partial charge on any atom is 0.282 e. The SMILES string of the molecule is CCC(CC)NC(=O)c1cc(NC)ccc1[N+](=O)[O-]. The van der Waals surface area contributed by atoms with Gasteiger partial charge in [-0.05, 0) is 25.0 Å². The molecule has 0 bridgehead atoms. The van der Waals surface area contributed by atoms with Gasteiger partial charge in [-0.1, -0.05) is 13.8 Å². The van der Waals surface area contributed by atoms with Crippen LogP contribution >= 0.6 is 0 Å². The number of nitro benzene ring substituents is 1. The molecule has 1 aromatic carbocycles. The topological polar surface area (TPSA) is 84.3 Å². The summed E-state index contributed by atoms with van der Waals surface area (Å²) < 4.78 is 0. The zero-order chi connectivity index (χ0) is 14.4. The third kappa shape index (κ3) is 3.67. The van der Waals surface area contributed by atoms with Crippen molar-refractivity contribution in [2.45, 2.75) is 32.7 Å². The van der Waals surface area contributed by atoms with Crippen LogP contribution in [0.5, 0.6) is 0 Å². The summed E-state index contributed by atoms with van der Waals surface area (Å²) in [5.41, 5.74) is 0.575. The highest BCUT2D eigenvalue weighted by Crippen LogP contribution is 2.22. The molecular formula is C13H19N3O3. The number of carbonyl (C=O) groups is 1. The van der Waals surface area contributed by atoms with Gasteiger partial charge < -0.3 is 10.6 Å². The van der Waals surface area contributed by atoms with Crippen LogP contribution in [0.1, 0.15) is 37.0 Å². The van der Waals surface area contributed by atoms with Gasteiger partial charge in [0.1, 0.15) is 5.56 Å². The summed E-state index contributed by atoms with van der Waals surface area (Å²) in [7, 11) is 1.70. The maximum atomic E-state index is 12.1. The van der Waals surface area contributed by atoms with Crippen LogP contribution in [0.15, 0.2) is 18.2 Å². The minimum Gasteiger partial charge on any atom is -0.388 e. The van der Waals surface area contributed by atoms with Crippen molar-refractivity contribution in [3.8, 4) is 0 Å². The van der Waals surface area contributed by atoms with Crippen LogP contribution in [0.3, 0.4) is 0 Å². The molecule has 1 amide bonds. The fraction of sp³-hybridized carbons (Fsp3) is 0.462. The molecule has 0 saturated heterocycles. The standard InChI is InChI=1S/C13H19N3O3/c1-4-9(5-2)15-13(17)11-8-10(14-3)6-7-12(11)16(18)19/h6-9,14H,4-5H2,1-3H3,(H,15,17). The molecule has 104 valence electrons. The van der Waals surface area contributed by atoms with E-state index in [0.29, 0.717) is 5.69 Å². The van der Waals surface area contributed by atoms with Crippen LogP contribution in [0, 0.1) is 10.1 Å². The van der Waals surface area contributed by atoms with Crippen molar-refractivity contribution in [3.63, 3.8) is 0 Å². The van der Waals surface area contributed by atoms with Crippen molar-refractivity contribution < 1.29 is 9.72 Å². The summed E-state index contributed by atoms with van der Waals surface area (Å²) in [5.74, 6) is -0.405. The zero-order valence-electron chi connectivity index (χ0n) is 11.4. The molecule has 0 unspecified atom stereocenters. The number of hydrogen-bond donors (Lipinski definition) is 2. The van der Waals surface area contributed by atoms with Gasteiger partial charge in [-0.3, -0.25) is 14.9 Å². The smallest absolute Gasteiger partial charge is 0.282 e. The van der Waals surface area contributed by atoms with E-state index < -0.39 is 10.8 Å². The number of nitro groups is 1. The van der Waals surface area contributed by atoms with Crippen molar-refractivity contribution in [3.05, 3.63) is 33.9 Å². The molecule has 19 heavy (non-hydrogen) atoms. The summed E-state index contributed by atoms with van der Waals surface area (Å²) >= 11 is 0. The molecule has 6 nitrogen and oxygen atoms in total. The fourth-order valence-corrected chi connectivity index (χ4v) is 1.79. The lowest BCUT2D eigenvalue weighted by Crippen LogP contribution is -2.34. The molecule has 0 heterocycles. The van der Waals surface area contributed by atoms with E-state index in [2.05, 4.69) is 10.6 Å². The van der Waals surface area contributed by atoms with Gasteiger partial charge in [-0.2, -0.15) is 0 Å². The van der Waals surface area contributed by atoms with E-state index in [0.717, 1.165) is 12.8 Å². The summed E-state index contributed by atoms with van der Waals surface area (Å²) in [6.07, 6.45) is 1.59. The molecule has 0 aliphatic rings. The zero-order valence-corrected chi connectivity index (χ0v) is 11.4. The molecule has 1 aromatic rings. The average Bonchev–Trinajstić information content (AvgIpc) is 2.43. The van der Waals surface area contributed by atoms with Crippen molar-refractivity contribution in [1.29, 1.82) is 0 Å². The first-order valence-electron chi connectivity index (χ1n) is 6.30. The summed E-state index contributed by atoms with van der Waals surface area (Å²) in [5, 5.41) is 16.6. The lowest BCUT2D eigenvalue weighted by atomic mass is 10.1. The molecule has 0 aliphatic heterocycles. The Morgan fingerprint density at radius 1 is 1.37 bits per heavy atom. The third-order valence-corrected chi connectivity index (χ3v) is 3.05. The molecule has 0 radical (unpaired) electrons. The molecule has 0 aliphatic carbocycles. The minimum atomic E-state index is -0.540. The van der Waals surface area contributed by atoms with E-state index in [1.807, 2.05) is 13.8 Å². The number of rotatable bonds is 6. The van der Waals surface area contributed by atoms with E-state index in [-0.39, 0.29) is 17.3 Å². The molecule has 0 spiro atoms. The number of benzene rings is 1. The Hall–Kier alpha value is -2.11. The van der Waals surface area contributed by atoms with E-state index >= 15 is 0 Å². The van der Waals surface area contributed by atoms with Crippen LogP contribution in [-0.2, 0) is 0 Å². The highest BCUT2D eigenvalue weighted by Gasteiger charge is 2.21.